The Balaban J connectivity index is 1.34. The molecule has 2 heterocycles. The molecule has 2 amide bonds. The van der Waals surface area contributed by atoms with E-state index in [1.54, 1.807) is 18.1 Å². The SMILES string of the molecule is COc1cc(/C=C2/SC(=NCc3ccccc3)N(Cc3ccccc3)C2=O)ccc1OCC(=O)N1CCCC1. The summed E-state index contributed by atoms with van der Waals surface area (Å²) >= 11 is 1.37. The Morgan fingerprint density at radius 1 is 0.949 bits per heavy atom. The Kier molecular flexibility index (Phi) is 8.63. The van der Waals surface area contributed by atoms with Gasteiger partial charge in [0.15, 0.2) is 23.3 Å². The van der Waals surface area contributed by atoms with Gasteiger partial charge in [-0.25, -0.2) is 0 Å². The average Bonchev–Trinajstić information content (AvgIpc) is 3.61. The molecule has 2 saturated heterocycles. The summed E-state index contributed by atoms with van der Waals surface area (Å²) in [6.07, 6.45) is 3.92. The van der Waals surface area contributed by atoms with Crippen molar-refractivity contribution >= 4 is 34.8 Å². The molecule has 2 aliphatic heterocycles. The zero-order chi connectivity index (χ0) is 27.0. The highest BCUT2D eigenvalue weighted by molar-refractivity contribution is 8.18. The van der Waals surface area contributed by atoms with Gasteiger partial charge >= 0.3 is 0 Å². The molecule has 0 spiro atoms. The Hall–Kier alpha value is -4.04. The van der Waals surface area contributed by atoms with Crippen molar-refractivity contribution in [2.24, 2.45) is 4.99 Å². The fraction of sp³-hybridized carbons (Fsp3) is 0.258. The number of ether oxygens (including phenoxy) is 2. The minimum Gasteiger partial charge on any atom is -0.493 e. The zero-order valence-corrected chi connectivity index (χ0v) is 22.7. The van der Waals surface area contributed by atoms with Gasteiger partial charge in [-0.15, -0.1) is 0 Å². The lowest BCUT2D eigenvalue weighted by atomic mass is 10.1. The molecule has 39 heavy (non-hydrogen) atoms. The molecular weight excluding hydrogens is 510 g/mol. The summed E-state index contributed by atoms with van der Waals surface area (Å²) in [7, 11) is 1.56. The number of carbonyl (C=O) groups is 2. The molecule has 2 fully saturated rings. The number of benzene rings is 3. The van der Waals surface area contributed by atoms with Crippen LogP contribution in [0, 0.1) is 0 Å². The molecule has 3 aromatic carbocycles. The first-order valence-corrected chi connectivity index (χ1v) is 13.8. The second kappa shape index (κ2) is 12.7. The van der Waals surface area contributed by atoms with Crippen LogP contribution in [0.1, 0.15) is 29.5 Å². The van der Waals surface area contributed by atoms with Crippen LogP contribution in [0.25, 0.3) is 6.08 Å². The van der Waals surface area contributed by atoms with Crippen LogP contribution in [-0.4, -0.2) is 53.6 Å². The third-order valence-corrected chi connectivity index (χ3v) is 7.65. The van der Waals surface area contributed by atoms with Crippen molar-refractivity contribution in [2.45, 2.75) is 25.9 Å². The van der Waals surface area contributed by atoms with Crippen molar-refractivity contribution in [3.8, 4) is 11.5 Å². The molecule has 0 saturated carbocycles. The maximum absolute atomic E-state index is 13.5. The van der Waals surface area contributed by atoms with E-state index in [9.17, 15) is 9.59 Å². The summed E-state index contributed by atoms with van der Waals surface area (Å²) in [5, 5.41) is 0.672. The number of thioether (sulfide) groups is 1. The van der Waals surface area contributed by atoms with Crippen molar-refractivity contribution in [2.75, 3.05) is 26.8 Å². The molecule has 0 unspecified atom stereocenters. The number of rotatable bonds is 9. The molecule has 0 bridgehead atoms. The maximum atomic E-state index is 13.5. The highest BCUT2D eigenvalue weighted by Gasteiger charge is 2.33. The van der Waals surface area contributed by atoms with E-state index in [0.717, 1.165) is 42.6 Å². The Labute approximate surface area is 233 Å². The van der Waals surface area contributed by atoms with Gasteiger partial charge in [0.2, 0.25) is 0 Å². The van der Waals surface area contributed by atoms with Crippen LogP contribution in [0.15, 0.2) is 88.8 Å². The highest BCUT2D eigenvalue weighted by Crippen LogP contribution is 2.36. The lowest BCUT2D eigenvalue weighted by Gasteiger charge is -2.16. The molecule has 7 nitrogen and oxygen atoms in total. The van der Waals surface area contributed by atoms with Gasteiger partial charge in [0, 0.05) is 13.1 Å². The second-order valence-corrected chi connectivity index (χ2v) is 10.4. The molecular formula is C31H31N3O4S. The minimum absolute atomic E-state index is 0.0190. The maximum Gasteiger partial charge on any atom is 0.267 e. The molecule has 2 aliphatic rings. The largest absolute Gasteiger partial charge is 0.493 e. The number of nitrogens with zero attached hydrogens (tertiary/aromatic N) is 3. The molecule has 0 aromatic heterocycles. The Morgan fingerprint density at radius 2 is 1.64 bits per heavy atom. The van der Waals surface area contributed by atoms with Crippen LogP contribution in [0.3, 0.4) is 0 Å². The summed E-state index contributed by atoms with van der Waals surface area (Å²) in [6.45, 7) is 2.48. The van der Waals surface area contributed by atoms with Crippen LogP contribution in [0.5, 0.6) is 11.5 Å². The Bertz CT molecular complexity index is 1370. The predicted octanol–water partition coefficient (Wildman–Crippen LogP) is 5.37. The molecule has 5 rings (SSSR count). The van der Waals surface area contributed by atoms with Crippen molar-refractivity contribution in [3.63, 3.8) is 0 Å². The van der Waals surface area contributed by atoms with Crippen LogP contribution in [0.4, 0.5) is 0 Å². The van der Waals surface area contributed by atoms with E-state index in [4.69, 9.17) is 14.5 Å². The van der Waals surface area contributed by atoms with Gasteiger partial charge in [-0.2, -0.15) is 0 Å². The normalized spacial score (nSPS) is 17.3. The molecule has 0 radical (unpaired) electrons. The first-order valence-electron chi connectivity index (χ1n) is 13.0. The molecule has 8 heteroatoms. The lowest BCUT2D eigenvalue weighted by molar-refractivity contribution is -0.132. The highest BCUT2D eigenvalue weighted by atomic mass is 32.2. The summed E-state index contributed by atoms with van der Waals surface area (Å²) in [6, 6.07) is 25.4. The van der Waals surface area contributed by atoms with E-state index < -0.39 is 0 Å². The quantitative estimate of drug-likeness (QED) is 0.341. The zero-order valence-electron chi connectivity index (χ0n) is 21.9. The summed E-state index contributed by atoms with van der Waals surface area (Å²) in [5.41, 5.74) is 2.91. The number of aliphatic imine (C=N–C) groups is 1. The second-order valence-electron chi connectivity index (χ2n) is 9.36. The number of amidine groups is 1. The fourth-order valence-corrected chi connectivity index (χ4v) is 5.49. The van der Waals surface area contributed by atoms with Crippen LogP contribution in [-0.2, 0) is 22.7 Å². The van der Waals surface area contributed by atoms with Crippen LogP contribution >= 0.6 is 11.8 Å². The van der Waals surface area contributed by atoms with Crippen molar-refractivity contribution < 1.29 is 19.1 Å². The number of carbonyl (C=O) groups excluding carboxylic acids is 2. The molecule has 3 aromatic rings. The first-order chi connectivity index (χ1) is 19.1. The third-order valence-electron chi connectivity index (χ3n) is 6.61. The van der Waals surface area contributed by atoms with E-state index in [1.807, 2.05) is 83.8 Å². The number of likely N-dealkylation sites (tertiary alicyclic amines) is 1. The van der Waals surface area contributed by atoms with Crippen LogP contribution in [0.2, 0.25) is 0 Å². The number of methoxy groups -OCH3 is 1. The van der Waals surface area contributed by atoms with Crippen molar-refractivity contribution in [1.29, 1.82) is 0 Å². The van der Waals surface area contributed by atoms with Gasteiger partial charge in [0.25, 0.3) is 11.8 Å². The standard InChI is InChI=1S/C31H31N3O4S/c1-37-27-18-25(14-15-26(27)38-22-29(35)33-16-8-9-17-33)19-28-30(36)34(21-24-12-6-3-7-13-24)31(39-28)32-20-23-10-4-2-5-11-23/h2-7,10-15,18-19H,8-9,16-17,20-22H2,1H3/b28-19+,32-31?. The van der Waals surface area contributed by atoms with E-state index in [1.165, 1.54) is 11.8 Å². The fourth-order valence-electron chi connectivity index (χ4n) is 4.52. The average molecular weight is 542 g/mol. The van der Waals surface area contributed by atoms with Gasteiger partial charge in [-0.05, 0) is 59.5 Å². The molecule has 0 N–H and O–H groups in total. The van der Waals surface area contributed by atoms with Crippen LogP contribution < -0.4 is 9.47 Å². The van der Waals surface area contributed by atoms with E-state index >= 15 is 0 Å². The van der Waals surface area contributed by atoms with Gasteiger partial charge < -0.3 is 14.4 Å². The molecule has 0 atom stereocenters. The van der Waals surface area contributed by atoms with Gasteiger partial charge in [0.1, 0.15) is 0 Å². The lowest BCUT2D eigenvalue weighted by Crippen LogP contribution is -2.32. The van der Waals surface area contributed by atoms with E-state index in [-0.39, 0.29) is 18.4 Å². The van der Waals surface area contributed by atoms with E-state index in [0.29, 0.717) is 34.7 Å². The minimum atomic E-state index is -0.0915. The third kappa shape index (κ3) is 6.70. The Morgan fingerprint density at radius 3 is 2.33 bits per heavy atom. The smallest absolute Gasteiger partial charge is 0.267 e. The first kappa shape index (κ1) is 26.6. The number of amides is 2. The number of hydrogen-bond donors (Lipinski definition) is 0. The number of hydrogen-bond acceptors (Lipinski definition) is 6. The van der Waals surface area contributed by atoms with Crippen molar-refractivity contribution in [1.82, 2.24) is 9.80 Å². The van der Waals surface area contributed by atoms with Gasteiger partial charge in [0.05, 0.1) is 25.1 Å². The van der Waals surface area contributed by atoms with E-state index in [2.05, 4.69) is 0 Å². The van der Waals surface area contributed by atoms with Gasteiger partial charge in [-0.3, -0.25) is 19.5 Å². The molecule has 200 valence electrons. The topological polar surface area (TPSA) is 71.4 Å². The van der Waals surface area contributed by atoms with Gasteiger partial charge in [-0.1, -0.05) is 66.7 Å². The summed E-state index contributed by atoms with van der Waals surface area (Å²) < 4.78 is 11.3. The predicted molar refractivity (Wildman–Crippen MR) is 154 cm³/mol. The van der Waals surface area contributed by atoms with Crippen molar-refractivity contribution in [3.05, 3.63) is 100 Å². The monoisotopic (exact) mass is 541 g/mol. The molecule has 0 aliphatic carbocycles. The summed E-state index contributed by atoms with van der Waals surface area (Å²) in [5.74, 6) is 0.891. The summed E-state index contributed by atoms with van der Waals surface area (Å²) in [4.78, 5) is 34.8.